The van der Waals surface area contributed by atoms with Gasteiger partial charge in [0.25, 0.3) is 0 Å². The van der Waals surface area contributed by atoms with Crippen molar-refractivity contribution in [3.63, 3.8) is 0 Å². The minimum Gasteiger partial charge on any atom is -0.232 e. The molecule has 15 heavy (non-hydrogen) atoms. The maximum Gasteiger partial charge on any atom is 0.153 e. The Bertz CT molecular complexity index is 445. The van der Waals surface area contributed by atoms with Crippen LogP contribution < -0.4 is 0 Å². The van der Waals surface area contributed by atoms with Gasteiger partial charge < -0.3 is 0 Å². The first-order valence-electron chi connectivity index (χ1n) is 5.61. The van der Waals surface area contributed by atoms with E-state index in [1.54, 1.807) is 0 Å². The zero-order chi connectivity index (χ0) is 10.7. The van der Waals surface area contributed by atoms with Crippen LogP contribution >= 0.6 is 0 Å². The van der Waals surface area contributed by atoms with Crippen molar-refractivity contribution in [2.45, 2.75) is 39.5 Å². The molecule has 2 rings (SSSR count). The van der Waals surface area contributed by atoms with Gasteiger partial charge in [0.1, 0.15) is 0 Å². The fourth-order valence-corrected chi connectivity index (χ4v) is 1.73. The van der Waals surface area contributed by atoms with E-state index in [4.69, 9.17) is 0 Å². The fourth-order valence-electron chi connectivity index (χ4n) is 1.73. The lowest BCUT2D eigenvalue weighted by molar-refractivity contribution is 0.694. The van der Waals surface area contributed by atoms with Gasteiger partial charge in [0, 0.05) is 0 Å². The van der Waals surface area contributed by atoms with Gasteiger partial charge in [-0.15, -0.1) is 0 Å². The molecular weight excluding hydrogens is 186 g/mol. The third-order valence-corrected chi connectivity index (χ3v) is 2.53. The topological polar surface area (TPSA) is 30.2 Å². The predicted octanol–water partition coefficient (Wildman–Crippen LogP) is 2.77. The van der Waals surface area contributed by atoms with E-state index in [9.17, 15) is 0 Å². The number of unbranched alkanes of at least 4 members (excludes halogenated alkanes) is 2. The molecule has 0 unspecified atom stereocenters. The number of imidazole rings is 1. The van der Waals surface area contributed by atoms with Crippen LogP contribution in [-0.2, 0) is 6.42 Å². The number of nitrogens with zero attached hydrogens (tertiary/aromatic N) is 3. The molecule has 80 valence electrons. The largest absolute Gasteiger partial charge is 0.232 e. The van der Waals surface area contributed by atoms with Crippen molar-refractivity contribution >= 4 is 5.65 Å². The molecular formula is C12H17N3. The van der Waals surface area contributed by atoms with Gasteiger partial charge in [-0.2, -0.15) is 5.10 Å². The zero-order valence-electron chi connectivity index (χ0n) is 9.40. The molecule has 0 saturated heterocycles. The van der Waals surface area contributed by atoms with E-state index in [1.165, 1.54) is 19.3 Å². The summed E-state index contributed by atoms with van der Waals surface area (Å²) in [6.07, 6.45) is 6.80. The second-order valence-electron chi connectivity index (χ2n) is 3.97. The van der Waals surface area contributed by atoms with Crippen LogP contribution in [0.4, 0.5) is 0 Å². The number of fused-ring (bicyclic) bond motifs is 1. The Kier molecular flexibility index (Phi) is 2.99. The first-order valence-corrected chi connectivity index (χ1v) is 5.61. The Morgan fingerprint density at radius 1 is 1.27 bits per heavy atom. The smallest absolute Gasteiger partial charge is 0.153 e. The van der Waals surface area contributed by atoms with Crippen molar-refractivity contribution < 1.29 is 0 Å². The van der Waals surface area contributed by atoms with Crippen LogP contribution in [0.25, 0.3) is 5.65 Å². The molecule has 2 aromatic heterocycles. The summed E-state index contributed by atoms with van der Waals surface area (Å²) in [5.74, 6) is 0. The molecule has 2 aromatic rings. The number of aromatic nitrogens is 3. The Balaban J connectivity index is 2.15. The minimum atomic E-state index is 0.937. The summed E-state index contributed by atoms with van der Waals surface area (Å²) in [5.41, 5.74) is 3.12. The molecule has 0 aliphatic carbocycles. The Labute approximate surface area is 90.1 Å². The lowest BCUT2D eigenvalue weighted by Gasteiger charge is -2.00. The van der Waals surface area contributed by atoms with Gasteiger partial charge in [-0.3, -0.25) is 0 Å². The molecule has 0 saturated carbocycles. The average molecular weight is 203 g/mol. The van der Waals surface area contributed by atoms with Gasteiger partial charge >= 0.3 is 0 Å². The number of hydrogen-bond acceptors (Lipinski definition) is 2. The molecule has 3 nitrogen and oxygen atoms in total. The SMILES string of the molecule is CCCCCc1ccc2nc(C)cn2n1. The van der Waals surface area contributed by atoms with Gasteiger partial charge in [-0.1, -0.05) is 19.8 Å². The average Bonchev–Trinajstić information content (AvgIpc) is 2.57. The normalized spacial score (nSPS) is 11.1. The van der Waals surface area contributed by atoms with Crippen LogP contribution in [0, 0.1) is 6.92 Å². The van der Waals surface area contributed by atoms with E-state index in [2.05, 4.69) is 23.1 Å². The van der Waals surface area contributed by atoms with Gasteiger partial charge in [0.05, 0.1) is 17.6 Å². The van der Waals surface area contributed by atoms with Crippen molar-refractivity contribution in [2.24, 2.45) is 0 Å². The highest BCUT2D eigenvalue weighted by atomic mass is 15.2. The molecule has 0 fully saturated rings. The monoisotopic (exact) mass is 203 g/mol. The molecule has 0 bridgehead atoms. The number of rotatable bonds is 4. The van der Waals surface area contributed by atoms with Crippen LogP contribution in [0.15, 0.2) is 18.3 Å². The summed E-state index contributed by atoms with van der Waals surface area (Å²) in [4.78, 5) is 4.35. The Morgan fingerprint density at radius 3 is 2.93 bits per heavy atom. The maximum absolute atomic E-state index is 4.52. The lowest BCUT2D eigenvalue weighted by atomic mass is 10.1. The van der Waals surface area contributed by atoms with Crippen LogP contribution in [0.5, 0.6) is 0 Å². The molecule has 2 heterocycles. The van der Waals surface area contributed by atoms with Gasteiger partial charge in [0.15, 0.2) is 5.65 Å². The third-order valence-electron chi connectivity index (χ3n) is 2.53. The first kappa shape index (κ1) is 10.1. The molecule has 0 amide bonds. The highest BCUT2D eigenvalue weighted by Gasteiger charge is 2.00. The van der Waals surface area contributed by atoms with Gasteiger partial charge in [-0.25, -0.2) is 9.50 Å². The van der Waals surface area contributed by atoms with E-state index in [0.717, 1.165) is 23.5 Å². The predicted molar refractivity (Wildman–Crippen MR) is 61.0 cm³/mol. The molecule has 0 atom stereocenters. The number of hydrogen-bond donors (Lipinski definition) is 0. The van der Waals surface area contributed by atoms with Crippen molar-refractivity contribution in [3.05, 3.63) is 29.7 Å². The van der Waals surface area contributed by atoms with Crippen LogP contribution in [0.1, 0.15) is 37.6 Å². The van der Waals surface area contributed by atoms with Crippen molar-refractivity contribution in [1.82, 2.24) is 14.6 Å². The van der Waals surface area contributed by atoms with Gasteiger partial charge in [0.2, 0.25) is 0 Å². The summed E-state index contributed by atoms with van der Waals surface area (Å²) in [7, 11) is 0. The number of aryl methyl sites for hydroxylation is 2. The van der Waals surface area contributed by atoms with Gasteiger partial charge in [-0.05, 0) is 31.9 Å². The van der Waals surface area contributed by atoms with E-state index >= 15 is 0 Å². The maximum atomic E-state index is 4.52. The quantitative estimate of drug-likeness (QED) is 0.715. The van der Waals surface area contributed by atoms with E-state index < -0.39 is 0 Å². The van der Waals surface area contributed by atoms with E-state index in [0.29, 0.717) is 0 Å². The van der Waals surface area contributed by atoms with Crippen LogP contribution in [0.3, 0.4) is 0 Å². The Morgan fingerprint density at radius 2 is 2.13 bits per heavy atom. The zero-order valence-corrected chi connectivity index (χ0v) is 9.40. The van der Waals surface area contributed by atoms with E-state index in [1.807, 2.05) is 23.7 Å². The fraction of sp³-hybridized carbons (Fsp3) is 0.500. The van der Waals surface area contributed by atoms with Crippen molar-refractivity contribution in [1.29, 1.82) is 0 Å². The summed E-state index contributed by atoms with van der Waals surface area (Å²) in [6, 6.07) is 4.12. The highest BCUT2D eigenvalue weighted by molar-refractivity contribution is 5.38. The molecule has 3 heteroatoms. The second kappa shape index (κ2) is 4.43. The lowest BCUT2D eigenvalue weighted by Crippen LogP contribution is -1.97. The first-order chi connectivity index (χ1) is 7.29. The molecule has 0 N–H and O–H groups in total. The Hall–Kier alpha value is -1.38. The van der Waals surface area contributed by atoms with E-state index in [-0.39, 0.29) is 0 Å². The summed E-state index contributed by atoms with van der Waals surface area (Å²) in [6.45, 7) is 4.21. The summed E-state index contributed by atoms with van der Waals surface area (Å²) < 4.78 is 1.87. The van der Waals surface area contributed by atoms with Crippen molar-refractivity contribution in [2.75, 3.05) is 0 Å². The molecule has 0 spiro atoms. The minimum absolute atomic E-state index is 0.937. The standard InChI is InChI=1S/C12H17N3/c1-3-4-5-6-11-7-8-12-13-10(2)9-15(12)14-11/h7-9H,3-6H2,1-2H3. The third kappa shape index (κ3) is 2.35. The molecule has 0 aliphatic rings. The van der Waals surface area contributed by atoms with Crippen molar-refractivity contribution in [3.8, 4) is 0 Å². The molecule has 0 radical (unpaired) electrons. The molecule has 0 aliphatic heterocycles. The highest BCUT2D eigenvalue weighted by Crippen LogP contribution is 2.07. The summed E-state index contributed by atoms with van der Waals surface area (Å²) >= 11 is 0. The second-order valence-corrected chi connectivity index (χ2v) is 3.97. The van der Waals surface area contributed by atoms with Crippen LogP contribution in [0.2, 0.25) is 0 Å². The molecule has 0 aromatic carbocycles. The summed E-state index contributed by atoms with van der Waals surface area (Å²) in [5, 5.41) is 4.52. The van der Waals surface area contributed by atoms with Crippen LogP contribution in [-0.4, -0.2) is 14.6 Å².